The maximum absolute atomic E-state index is 12.1. The second-order valence-electron chi connectivity index (χ2n) is 6.46. The number of halogens is 2. The first-order valence-electron chi connectivity index (χ1n) is 7.39. The SMILES string of the molecule is CC(C)(C)[C@H](N)C(=O)Nc1ccc(NC(=O)c2ccco2)c(Cl)c1.Cl. The lowest BCUT2D eigenvalue weighted by atomic mass is 9.87. The van der Waals surface area contributed by atoms with Gasteiger partial charge in [0.1, 0.15) is 0 Å². The number of furan rings is 1. The first-order chi connectivity index (χ1) is 11.2. The van der Waals surface area contributed by atoms with Crippen molar-refractivity contribution in [1.29, 1.82) is 0 Å². The van der Waals surface area contributed by atoms with Crippen LogP contribution in [0.3, 0.4) is 0 Å². The number of carbonyl (C=O) groups excluding carboxylic acids is 2. The summed E-state index contributed by atoms with van der Waals surface area (Å²) in [5.41, 5.74) is 6.48. The van der Waals surface area contributed by atoms with E-state index in [1.807, 2.05) is 20.8 Å². The molecular formula is C17H21Cl2N3O3. The third kappa shape index (κ3) is 5.49. The van der Waals surface area contributed by atoms with E-state index in [1.165, 1.54) is 6.26 Å². The number of hydrogen-bond donors (Lipinski definition) is 3. The van der Waals surface area contributed by atoms with Crippen LogP contribution in [0.25, 0.3) is 0 Å². The Kier molecular flexibility index (Phi) is 7.05. The second-order valence-corrected chi connectivity index (χ2v) is 6.87. The van der Waals surface area contributed by atoms with Gasteiger partial charge in [0.25, 0.3) is 5.91 Å². The molecule has 1 heterocycles. The first-order valence-corrected chi connectivity index (χ1v) is 7.77. The van der Waals surface area contributed by atoms with Crippen LogP contribution >= 0.6 is 24.0 Å². The molecule has 0 aliphatic rings. The highest BCUT2D eigenvalue weighted by Gasteiger charge is 2.27. The molecule has 0 saturated carbocycles. The van der Waals surface area contributed by atoms with Crippen molar-refractivity contribution in [2.45, 2.75) is 26.8 Å². The molecule has 2 amide bonds. The largest absolute Gasteiger partial charge is 0.459 e. The molecule has 1 atom stereocenters. The zero-order valence-corrected chi connectivity index (χ0v) is 15.7. The summed E-state index contributed by atoms with van der Waals surface area (Å²) in [6.45, 7) is 5.66. The monoisotopic (exact) mass is 385 g/mol. The average Bonchev–Trinajstić information content (AvgIpc) is 3.02. The van der Waals surface area contributed by atoms with E-state index in [0.29, 0.717) is 11.4 Å². The van der Waals surface area contributed by atoms with Crippen molar-refractivity contribution in [3.05, 3.63) is 47.4 Å². The lowest BCUT2D eigenvalue weighted by Gasteiger charge is -2.25. The van der Waals surface area contributed by atoms with Crippen LogP contribution < -0.4 is 16.4 Å². The molecule has 0 radical (unpaired) electrons. The normalized spacial score (nSPS) is 12.0. The third-order valence-electron chi connectivity index (χ3n) is 3.45. The van der Waals surface area contributed by atoms with Crippen LogP contribution in [0, 0.1) is 5.41 Å². The quantitative estimate of drug-likeness (QED) is 0.742. The van der Waals surface area contributed by atoms with E-state index in [9.17, 15) is 9.59 Å². The van der Waals surface area contributed by atoms with E-state index < -0.39 is 11.9 Å². The number of rotatable bonds is 4. The van der Waals surface area contributed by atoms with Crippen LogP contribution in [0.5, 0.6) is 0 Å². The topological polar surface area (TPSA) is 97.4 Å². The van der Waals surface area contributed by atoms with Gasteiger partial charge in [0.15, 0.2) is 5.76 Å². The van der Waals surface area contributed by atoms with Gasteiger partial charge >= 0.3 is 0 Å². The Morgan fingerprint density at radius 1 is 1.20 bits per heavy atom. The van der Waals surface area contributed by atoms with E-state index in [-0.39, 0.29) is 34.5 Å². The number of nitrogens with one attached hydrogen (secondary N) is 2. The number of hydrogen-bond acceptors (Lipinski definition) is 4. The molecule has 0 aliphatic carbocycles. The fourth-order valence-electron chi connectivity index (χ4n) is 1.90. The summed E-state index contributed by atoms with van der Waals surface area (Å²) >= 11 is 6.16. The summed E-state index contributed by atoms with van der Waals surface area (Å²) in [6, 6.07) is 7.29. The molecule has 0 aliphatic heterocycles. The maximum atomic E-state index is 12.1. The van der Waals surface area contributed by atoms with Gasteiger partial charge in [0, 0.05) is 5.69 Å². The molecule has 1 aromatic heterocycles. The lowest BCUT2D eigenvalue weighted by Crippen LogP contribution is -2.45. The molecule has 2 rings (SSSR count). The minimum Gasteiger partial charge on any atom is -0.459 e. The summed E-state index contributed by atoms with van der Waals surface area (Å²) in [5.74, 6) is -0.529. The molecule has 2 aromatic rings. The van der Waals surface area contributed by atoms with Crippen LogP contribution in [0.15, 0.2) is 41.0 Å². The van der Waals surface area contributed by atoms with Crippen molar-refractivity contribution in [2.75, 3.05) is 10.6 Å². The van der Waals surface area contributed by atoms with Crippen molar-refractivity contribution in [2.24, 2.45) is 11.1 Å². The molecule has 6 nitrogen and oxygen atoms in total. The van der Waals surface area contributed by atoms with E-state index in [0.717, 1.165) is 0 Å². The van der Waals surface area contributed by atoms with Crippen molar-refractivity contribution in [1.82, 2.24) is 0 Å². The highest BCUT2D eigenvalue weighted by Crippen LogP contribution is 2.27. The first kappa shape index (κ1) is 21.0. The maximum Gasteiger partial charge on any atom is 0.291 e. The van der Waals surface area contributed by atoms with Crippen LogP contribution in [-0.4, -0.2) is 17.9 Å². The Hall–Kier alpha value is -2.02. The lowest BCUT2D eigenvalue weighted by molar-refractivity contribution is -0.119. The molecule has 0 bridgehead atoms. The summed E-state index contributed by atoms with van der Waals surface area (Å²) in [7, 11) is 0. The van der Waals surface area contributed by atoms with Gasteiger partial charge in [-0.25, -0.2) is 0 Å². The Morgan fingerprint density at radius 3 is 2.40 bits per heavy atom. The van der Waals surface area contributed by atoms with E-state index in [2.05, 4.69) is 10.6 Å². The van der Waals surface area contributed by atoms with Gasteiger partial charge in [0.2, 0.25) is 5.91 Å². The standard InChI is InChI=1S/C17H20ClN3O3.ClH/c1-17(2,3)14(19)16(23)20-10-6-7-12(11(18)9-10)21-15(22)13-5-4-8-24-13;/h4-9,14H,19H2,1-3H3,(H,20,23)(H,21,22);1H/t14-;/m1./s1. The van der Waals surface area contributed by atoms with Gasteiger partial charge in [-0.15, -0.1) is 12.4 Å². The minimum atomic E-state index is -0.658. The smallest absolute Gasteiger partial charge is 0.291 e. The van der Waals surface area contributed by atoms with Crippen LogP contribution in [0.4, 0.5) is 11.4 Å². The molecule has 0 unspecified atom stereocenters. The van der Waals surface area contributed by atoms with Gasteiger partial charge in [-0.3, -0.25) is 9.59 Å². The van der Waals surface area contributed by atoms with E-state index in [4.69, 9.17) is 21.8 Å². The third-order valence-corrected chi connectivity index (χ3v) is 3.76. The molecule has 1 aromatic carbocycles. The van der Waals surface area contributed by atoms with Crippen molar-refractivity contribution in [3.63, 3.8) is 0 Å². The number of anilines is 2. The molecule has 0 fully saturated rings. The Balaban J connectivity index is 0.00000312. The zero-order valence-electron chi connectivity index (χ0n) is 14.1. The Bertz CT molecular complexity index is 740. The Labute approximate surface area is 157 Å². The predicted molar refractivity (Wildman–Crippen MR) is 101 cm³/mol. The van der Waals surface area contributed by atoms with E-state index >= 15 is 0 Å². The van der Waals surface area contributed by atoms with Gasteiger partial charge in [-0.05, 0) is 35.7 Å². The fourth-order valence-corrected chi connectivity index (χ4v) is 2.13. The van der Waals surface area contributed by atoms with Crippen molar-refractivity contribution >= 4 is 47.2 Å². The number of carbonyl (C=O) groups is 2. The van der Waals surface area contributed by atoms with Gasteiger partial charge in [0.05, 0.1) is 23.0 Å². The van der Waals surface area contributed by atoms with E-state index in [1.54, 1.807) is 30.3 Å². The summed E-state index contributed by atoms with van der Waals surface area (Å²) < 4.78 is 5.02. The summed E-state index contributed by atoms with van der Waals surface area (Å²) in [6.07, 6.45) is 1.41. The predicted octanol–water partition coefficient (Wildman–Crippen LogP) is 3.92. The fraction of sp³-hybridized carbons (Fsp3) is 0.294. The van der Waals surface area contributed by atoms with Gasteiger partial charge in [-0.2, -0.15) is 0 Å². The molecular weight excluding hydrogens is 365 g/mol. The average molecular weight is 386 g/mol. The molecule has 0 spiro atoms. The molecule has 0 saturated heterocycles. The summed E-state index contributed by atoms with van der Waals surface area (Å²) in [5, 5.41) is 5.64. The Morgan fingerprint density at radius 2 is 1.88 bits per heavy atom. The van der Waals surface area contributed by atoms with Crippen LogP contribution in [0.2, 0.25) is 5.02 Å². The minimum absolute atomic E-state index is 0. The number of amides is 2. The summed E-state index contributed by atoms with van der Waals surface area (Å²) in [4.78, 5) is 24.1. The molecule has 4 N–H and O–H groups in total. The van der Waals surface area contributed by atoms with Crippen molar-refractivity contribution in [3.8, 4) is 0 Å². The van der Waals surface area contributed by atoms with Crippen molar-refractivity contribution < 1.29 is 14.0 Å². The molecule has 136 valence electrons. The molecule has 25 heavy (non-hydrogen) atoms. The van der Waals surface area contributed by atoms with Gasteiger partial charge < -0.3 is 20.8 Å². The second kappa shape index (κ2) is 8.38. The van der Waals surface area contributed by atoms with Crippen LogP contribution in [-0.2, 0) is 4.79 Å². The number of nitrogens with two attached hydrogens (primary N) is 1. The highest BCUT2D eigenvalue weighted by molar-refractivity contribution is 6.34. The van der Waals surface area contributed by atoms with Gasteiger partial charge in [-0.1, -0.05) is 32.4 Å². The molecule has 8 heteroatoms. The number of benzene rings is 1. The van der Waals surface area contributed by atoms with Crippen LogP contribution in [0.1, 0.15) is 31.3 Å². The highest BCUT2D eigenvalue weighted by atomic mass is 35.5. The zero-order chi connectivity index (χ0) is 17.9.